The van der Waals surface area contributed by atoms with Crippen LogP contribution in [0.25, 0.3) is 0 Å². The Morgan fingerprint density at radius 1 is 0.744 bits per heavy atom. The average molecular weight is 539 g/mol. The summed E-state index contributed by atoms with van der Waals surface area (Å²) in [5.74, 6) is 1.43. The molecular weight excluding hydrogens is 493 g/mol. The van der Waals surface area contributed by atoms with Crippen LogP contribution in [0.5, 0.6) is 0 Å². The molecule has 2 aromatic carbocycles. The molecule has 0 heterocycles. The summed E-state index contributed by atoms with van der Waals surface area (Å²) in [5.41, 5.74) is 2.43. The molecule has 0 bridgehead atoms. The van der Waals surface area contributed by atoms with Crippen LogP contribution in [0.15, 0.2) is 67.8 Å². The lowest BCUT2D eigenvalue weighted by Crippen LogP contribution is -2.22. The molecule has 2 saturated carbocycles. The molecule has 0 unspecified atom stereocenters. The van der Waals surface area contributed by atoms with E-state index in [9.17, 15) is 13.2 Å². The maximum absolute atomic E-state index is 14.8. The number of hydrogen-bond donors (Lipinski definition) is 0. The predicted molar refractivity (Wildman–Crippen MR) is 155 cm³/mol. The minimum absolute atomic E-state index is 0.170. The first-order valence-electron chi connectivity index (χ1n) is 15.0. The highest BCUT2D eigenvalue weighted by molar-refractivity contribution is 5.29. The monoisotopic (exact) mass is 538 g/mol. The van der Waals surface area contributed by atoms with Crippen molar-refractivity contribution < 1.29 is 17.9 Å². The molecule has 0 amide bonds. The third-order valence-electron chi connectivity index (χ3n) is 9.15. The standard InChI is InChI=1S/C35H45F3O/c1-3-5-7-26-9-15-29(16-10-26)30-17-13-28(14-18-30)23-24-39-35(37,38)33-22-21-32(25-34(33)36)31-19-11-27(12-20-31)8-6-4-2/h3-4,13-14,17-18,21-22,25-27,29,31H,1-2,5-12,15-16,19-20,23-24H2/t26-,27-,29-,31-. The first kappa shape index (κ1) is 29.6. The fourth-order valence-electron chi connectivity index (χ4n) is 6.63. The zero-order chi connectivity index (χ0) is 27.7. The van der Waals surface area contributed by atoms with Crippen LogP contribution in [0, 0.1) is 17.7 Å². The van der Waals surface area contributed by atoms with E-state index in [-0.39, 0.29) is 12.5 Å². The van der Waals surface area contributed by atoms with E-state index < -0.39 is 17.5 Å². The van der Waals surface area contributed by atoms with Gasteiger partial charge in [-0.15, -0.1) is 13.2 Å². The van der Waals surface area contributed by atoms with Gasteiger partial charge >= 0.3 is 6.11 Å². The highest BCUT2D eigenvalue weighted by Gasteiger charge is 2.36. The first-order chi connectivity index (χ1) is 18.9. The largest absolute Gasteiger partial charge is 0.386 e. The molecule has 0 saturated heterocycles. The Kier molecular flexibility index (Phi) is 10.9. The molecule has 2 fully saturated rings. The van der Waals surface area contributed by atoms with Gasteiger partial charge in [0, 0.05) is 0 Å². The van der Waals surface area contributed by atoms with Crippen molar-refractivity contribution >= 4 is 0 Å². The molecule has 212 valence electrons. The van der Waals surface area contributed by atoms with E-state index in [0.29, 0.717) is 18.3 Å². The van der Waals surface area contributed by atoms with Crippen LogP contribution in [-0.4, -0.2) is 6.61 Å². The number of halogens is 3. The SMILES string of the molecule is C=CCC[C@H]1CC[C@H](c2ccc(CCOC(F)(F)c3ccc([C@H]4CC[C@H](CCC=C)CC4)cc3F)cc2)CC1. The molecular formula is C35H45F3O. The van der Waals surface area contributed by atoms with Crippen LogP contribution in [0.1, 0.15) is 111 Å². The van der Waals surface area contributed by atoms with Crippen LogP contribution in [-0.2, 0) is 17.3 Å². The second kappa shape index (κ2) is 14.3. The summed E-state index contributed by atoms with van der Waals surface area (Å²) in [4.78, 5) is 0. The number of ether oxygens (including phenoxy) is 1. The van der Waals surface area contributed by atoms with Gasteiger partial charge in [-0.05, 0) is 136 Å². The van der Waals surface area contributed by atoms with E-state index in [0.717, 1.165) is 62.0 Å². The zero-order valence-electron chi connectivity index (χ0n) is 23.4. The summed E-state index contributed by atoms with van der Waals surface area (Å²) in [6, 6.07) is 12.5. The molecule has 39 heavy (non-hydrogen) atoms. The van der Waals surface area contributed by atoms with E-state index in [1.165, 1.54) is 49.8 Å². The van der Waals surface area contributed by atoms with E-state index >= 15 is 0 Å². The average Bonchev–Trinajstić information content (AvgIpc) is 2.95. The van der Waals surface area contributed by atoms with Crippen molar-refractivity contribution in [3.63, 3.8) is 0 Å². The number of benzene rings is 2. The van der Waals surface area contributed by atoms with Crippen molar-refractivity contribution in [2.24, 2.45) is 11.8 Å². The topological polar surface area (TPSA) is 9.23 Å². The van der Waals surface area contributed by atoms with Gasteiger partial charge in [0.05, 0.1) is 12.2 Å². The second-order valence-corrected chi connectivity index (χ2v) is 11.8. The maximum atomic E-state index is 14.8. The van der Waals surface area contributed by atoms with Crippen LogP contribution in [0.2, 0.25) is 0 Å². The van der Waals surface area contributed by atoms with Crippen LogP contribution in [0.4, 0.5) is 13.2 Å². The molecule has 0 aromatic heterocycles. The van der Waals surface area contributed by atoms with Crippen LogP contribution in [0.3, 0.4) is 0 Å². The van der Waals surface area contributed by atoms with Gasteiger partial charge in [0.25, 0.3) is 0 Å². The quantitative estimate of drug-likeness (QED) is 0.231. The molecule has 1 nitrogen and oxygen atoms in total. The second-order valence-electron chi connectivity index (χ2n) is 11.8. The normalized spacial score (nSPS) is 23.9. The molecule has 0 spiro atoms. The van der Waals surface area contributed by atoms with Gasteiger partial charge in [-0.2, -0.15) is 8.78 Å². The predicted octanol–water partition coefficient (Wildman–Crippen LogP) is 10.6. The lowest BCUT2D eigenvalue weighted by atomic mass is 9.77. The minimum Gasteiger partial charge on any atom is -0.316 e. The molecule has 2 aliphatic rings. The van der Waals surface area contributed by atoms with E-state index in [2.05, 4.69) is 25.3 Å². The van der Waals surface area contributed by atoms with Crippen molar-refractivity contribution in [3.8, 4) is 0 Å². The van der Waals surface area contributed by atoms with Gasteiger partial charge < -0.3 is 4.74 Å². The van der Waals surface area contributed by atoms with Crippen LogP contribution < -0.4 is 0 Å². The molecule has 0 radical (unpaired) electrons. The molecule has 4 rings (SSSR count). The number of rotatable bonds is 13. The van der Waals surface area contributed by atoms with Crippen molar-refractivity contribution in [3.05, 3.63) is 95.8 Å². The van der Waals surface area contributed by atoms with Crippen LogP contribution >= 0.6 is 0 Å². The van der Waals surface area contributed by atoms with Crippen molar-refractivity contribution in [2.75, 3.05) is 6.61 Å². The smallest absolute Gasteiger partial charge is 0.316 e. The Morgan fingerprint density at radius 3 is 1.77 bits per heavy atom. The summed E-state index contributed by atoms with van der Waals surface area (Å²) in [7, 11) is 0. The Morgan fingerprint density at radius 2 is 1.26 bits per heavy atom. The third-order valence-corrected chi connectivity index (χ3v) is 9.15. The molecule has 0 aliphatic heterocycles. The lowest BCUT2D eigenvalue weighted by molar-refractivity contribution is -0.249. The molecule has 2 aliphatic carbocycles. The van der Waals surface area contributed by atoms with Gasteiger partial charge in [-0.1, -0.05) is 42.5 Å². The number of hydrogen-bond acceptors (Lipinski definition) is 1. The Balaban J connectivity index is 1.24. The number of allylic oxidation sites excluding steroid dienone is 2. The minimum atomic E-state index is -3.66. The molecule has 4 heteroatoms. The van der Waals surface area contributed by atoms with E-state index in [4.69, 9.17) is 4.74 Å². The van der Waals surface area contributed by atoms with Gasteiger partial charge in [-0.25, -0.2) is 4.39 Å². The summed E-state index contributed by atoms with van der Waals surface area (Å²) in [5, 5.41) is 0. The Hall–Kier alpha value is -2.33. The fraction of sp³-hybridized carbons (Fsp3) is 0.543. The summed E-state index contributed by atoms with van der Waals surface area (Å²) >= 11 is 0. The highest BCUT2D eigenvalue weighted by atomic mass is 19.3. The number of alkyl halides is 2. The lowest BCUT2D eigenvalue weighted by Gasteiger charge is -2.29. The van der Waals surface area contributed by atoms with E-state index in [1.807, 2.05) is 24.3 Å². The van der Waals surface area contributed by atoms with Gasteiger partial charge in [0.15, 0.2) is 0 Å². The molecule has 2 aromatic rings. The Bertz CT molecular complexity index is 1040. The summed E-state index contributed by atoms with van der Waals surface area (Å²) < 4.78 is 49.4. The van der Waals surface area contributed by atoms with Crippen molar-refractivity contribution in [1.82, 2.24) is 0 Å². The highest BCUT2D eigenvalue weighted by Crippen LogP contribution is 2.40. The van der Waals surface area contributed by atoms with Crippen molar-refractivity contribution in [1.29, 1.82) is 0 Å². The summed E-state index contributed by atoms with van der Waals surface area (Å²) in [6.45, 7) is 7.45. The molecule has 0 atom stereocenters. The summed E-state index contributed by atoms with van der Waals surface area (Å²) in [6.07, 6.45) is 14.3. The van der Waals surface area contributed by atoms with Gasteiger partial charge in [0.2, 0.25) is 0 Å². The van der Waals surface area contributed by atoms with E-state index in [1.54, 1.807) is 6.07 Å². The fourth-order valence-corrected chi connectivity index (χ4v) is 6.63. The van der Waals surface area contributed by atoms with Gasteiger partial charge in [0.1, 0.15) is 5.82 Å². The first-order valence-corrected chi connectivity index (χ1v) is 15.0. The molecule has 0 N–H and O–H groups in total. The maximum Gasteiger partial charge on any atom is 0.386 e. The zero-order valence-corrected chi connectivity index (χ0v) is 23.4. The Labute approximate surface area is 233 Å². The third kappa shape index (κ3) is 8.33. The van der Waals surface area contributed by atoms with Crippen molar-refractivity contribution in [2.45, 2.75) is 101 Å². The van der Waals surface area contributed by atoms with Gasteiger partial charge in [-0.3, -0.25) is 0 Å².